The molecule has 0 aromatic carbocycles. The SMILES string of the molecule is CC1CCC(C(O)c2ccco2)CC1. The summed E-state index contributed by atoms with van der Waals surface area (Å²) in [6.45, 7) is 2.29. The highest BCUT2D eigenvalue weighted by Gasteiger charge is 2.26. The van der Waals surface area contributed by atoms with Gasteiger partial charge >= 0.3 is 0 Å². The first-order valence-electron chi connectivity index (χ1n) is 5.49. The van der Waals surface area contributed by atoms with Crippen LogP contribution in [-0.4, -0.2) is 5.11 Å². The van der Waals surface area contributed by atoms with Crippen molar-refractivity contribution in [1.29, 1.82) is 0 Å². The molecule has 1 fully saturated rings. The van der Waals surface area contributed by atoms with E-state index in [0.717, 1.165) is 24.5 Å². The Morgan fingerprint density at radius 3 is 2.64 bits per heavy atom. The fourth-order valence-corrected chi connectivity index (χ4v) is 2.29. The van der Waals surface area contributed by atoms with Gasteiger partial charge in [-0.2, -0.15) is 0 Å². The van der Waals surface area contributed by atoms with Crippen molar-refractivity contribution in [2.75, 3.05) is 0 Å². The van der Waals surface area contributed by atoms with Crippen molar-refractivity contribution in [3.05, 3.63) is 24.2 Å². The van der Waals surface area contributed by atoms with E-state index in [9.17, 15) is 5.11 Å². The van der Waals surface area contributed by atoms with E-state index in [1.54, 1.807) is 6.26 Å². The highest BCUT2D eigenvalue weighted by atomic mass is 16.4. The van der Waals surface area contributed by atoms with Gasteiger partial charge in [-0.1, -0.05) is 19.8 Å². The molecule has 0 bridgehead atoms. The number of hydrogen-bond acceptors (Lipinski definition) is 2. The lowest BCUT2D eigenvalue weighted by Crippen LogP contribution is -2.18. The van der Waals surface area contributed by atoms with Gasteiger partial charge in [0.15, 0.2) is 0 Å². The normalized spacial score (nSPS) is 30.1. The van der Waals surface area contributed by atoms with Crippen LogP contribution in [0.2, 0.25) is 0 Å². The third kappa shape index (κ3) is 2.01. The average Bonchev–Trinajstić information content (AvgIpc) is 2.71. The predicted octanol–water partition coefficient (Wildman–Crippen LogP) is 3.14. The van der Waals surface area contributed by atoms with Crippen LogP contribution in [0.1, 0.15) is 44.5 Å². The predicted molar refractivity (Wildman–Crippen MR) is 54.8 cm³/mol. The topological polar surface area (TPSA) is 33.4 Å². The lowest BCUT2D eigenvalue weighted by molar-refractivity contribution is 0.0575. The minimum absolute atomic E-state index is 0.391. The Bertz CT molecular complexity index is 258. The van der Waals surface area contributed by atoms with Crippen LogP contribution >= 0.6 is 0 Å². The third-order valence-corrected chi connectivity index (χ3v) is 3.34. The molecular weight excluding hydrogens is 176 g/mol. The molecule has 1 heterocycles. The molecule has 1 unspecified atom stereocenters. The van der Waals surface area contributed by atoms with Gasteiger partial charge in [0.2, 0.25) is 0 Å². The number of aliphatic hydroxyl groups is 1. The molecule has 0 saturated heterocycles. The zero-order valence-electron chi connectivity index (χ0n) is 8.65. The number of aliphatic hydroxyl groups excluding tert-OH is 1. The minimum atomic E-state index is -0.391. The lowest BCUT2D eigenvalue weighted by Gasteiger charge is -2.28. The van der Waals surface area contributed by atoms with E-state index < -0.39 is 6.10 Å². The molecule has 2 rings (SSSR count). The molecule has 1 atom stereocenters. The quantitative estimate of drug-likeness (QED) is 0.784. The van der Waals surface area contributed by atoms with E-state index in [0.29, 0.717) is 5.92 Å². The Morgan fingerprint density at radius 2 is 2.07 bits per heavy atom. The van der Waals surface area contributed by atoms with Crippen LogP contribution < -0.4 is 0 Å². The Balaban J connectivity index is 1.95. The summed E-state index contributed by atoms with van der Waals surface area (Å²) in [5.41, 5.74) is 0. The third-order valence-electron chi connectivity index (χ3n) is 3.34. The van der Waals surface area contributed by atoms with Gasteiger partial charge in [0.1, 0.15) is 11.9 Å². The summed E-state index contributed by atoms with van der Waals surface area (Å²) in [5, 5.41) is 10.0. The van der Waals surface area contributed by atoms with Crippen molar-refractivity contribution in [2.24, 2.45) is 11.8 Å². The van der Waals surface area contributed by atoms with Crippen LogP contribution in [0.15, 0.2) is 22.8 Å². The Hall–Kier alpha value is -0.760. The highest BCUT2D eigenvalue weighted by molar-refractivity contribution is 5.03. The van der Waals surface area contributed by atoms with Crippen molar-refractivity contribution in [1.82, 2.24) is 0 Å². The second kappa shape index (κ2) is 4.18. The van der Waals surface area contributed by atoms with E-state index in [2.05, 4.69) is 6.92 Å². The van der Waals surface area contributed by atoms with Gasteiger partial charge in [-0.15, -0.1) is 0 Å². The summed E-state index contributed by atoms with van der Waals surface area (Å²) in [5.74, 6) is 1.96. The molecule has 0 amide bonds. The molecule has 1 saturated carbocycles. The lowest BCUT2D eigenvalue weighted by atomic mass is 9.80. The zero-order chi connectivity index (χ0) is 9.97. The van der Waals surface area contributed by atoms with Gasteiger partial charge in [-0.25, -0.2) is 0 Å². The fourth-order valence-electron chi connectivity index (χ4n) is 2.29. The highest BCUT2D eigenvalue weighted by Crippen LogP contribution is 2.36. The molecule has 1 aromatic rings. The van der Waals surface area contributed by atoms with Crippen LogP contribution in [0.4, 0.5) is 0 Å². The molecule has 2 nitrogen and oxygen atoms in total. The van der Waals surface area contributed by atoms with Gasteiger partial charge in [0.05, 0.1) is 6.26 Å². The molecule has 0 aliphatic heterocycles. The van der Waals surface area contributed by atoms with Crippen LogP contribution in [0.3, 0.4) is 0 Å². The molecule has 2 heteroatoms. The summed E-state index contributed by atoms with van der Waals surface area (Å²) >= 11 is 0. The maximum atomic E-state index is 10.0. The number of furan rings is 1. The minimum Gasteiger partial charge on any atom is -0.467 e. The van der Waals surface area contributed by atoms with E-state index >= 15 is 0 Å². The van der Waals surface area contributed by atoms with Crippen molar-refractivity contribution in [2.45, 2.75) is 38.7 Å². The summed E-state index contributed by atoms with van der Waals surface area (Å²) in [6.07, 6.45) is 5.97. The van der Waals surface area contributed by atoms with Crippen molar-refractivity contribution in [3.8, 4) is 0 Å². The summed E-state index contributed by atoms with van der Waals surface area (Å²) in [7, 11) is 0. The zero-order valence-corrected chi connectivity index (χ0v) is 8.65. The monoisotopic (exact) mass is 194 g/mol. The van der Waals surface area contributed by atoms with Crippen molar-refractivity contribution >= 4 is 0 Å². The smallest absolute Gasteiger partial charge is 0.132 e. The largest absolute Gasteiger partial charge is 0.467 e. The van der Waals surface area contributed by atoms with Gasteiger partial charge in [-0.3, -0.25) is 0 Å². The first-order chi connectivity index (χ1) is 6.77. The summed E-state index contributed by atoms with van der Waals surface area (Å²) < 4.78 is 5.23. The van der Waals surface area contributed by atoms with E-state index in [1.807, 2.05) is 12.1 Å². The molecular formula is C12H18O2. The first-order valence-corrected chi connectivity index (χ1v) is 5.49. The molecule has 0 radical (unpaired) electrons. The molecule has 14 heavy (non-hydrogen) atoms. The fraction of sp³-hybridized carbons (Fsp3) is 0.667. The molecule has 1 aromatic heterocycles. The maximum Gasteiger partial charge on any atom is 0.132 e. The number of hydrogen-bond donors (Lipinski definition) is 1. The van der Waals surface area contributed by atoms with Crippen LogP contribution in [-0.2, 0) is 0 Å². The molecule has 1 aliphatic rings. The second-order valence-corrected chi connectivity index (χ2v) is 4.48. The van der Waals surface area contributed by atoms with Crippen LogP contribution in [0.5, 0.6) is 0 Å². The molecule has 0 spiro atoms. The summed E-state index contributed by atoms with van der Waals surface area (Å²) in [6, 6.07) is 3.70. The van der Waals surface area contributed by atoms with Crippen molar-refractivity contribution < 1.29 is 9.52 Å². The standard InChI is InChI=1S/C12H18O2/c1-9-4-6-10(7-5-9)12(13)11-3-2-8-14-11/h2-3,8-10,12-13H,4-7H2,1H3. The molecule has 1 N–H and O–H groups in total. The van der Waals surface area contributed by atoms with Crippen molar-refractivity contribution in [3.63, 3.8) is 0 Å². The molecule has 78 valence electrons. The Kier molecular flexibility index (Phi) is 2.92. The van der Waals surface area contributed by atoms with Gasteiger partial charge in [-0.05, 0) is 36.8 Å². The molecule has 1 aliphatic carbocycles. The summed E-state index contributed by atoms with van der Waals surface area (Å²) in [4.78, 5) is 0. The van der Waals surface area contributed by atoms with E-state index in [-0.39, 0.29) is 0 Å². The van der Waals surface area contributed by atoms with E-state index in [4.69, 9.17) is 4.42 Å². The Labute approximate surface area is 84.9 Å². The van der Waals surface area contributed by atoms with Gasteiger partial charge in [0, 0.05) is 0 Å². The van der Waals surface area contributed by atoms with Gasteiger partial charge < -0.3 is 9.52 Å². The van der Waals surface area contributed by atoms with Gasteiger partial charge in [0.25, 0.3) is 0 Å². The average molecular weight is 194 g/mol. The number of rotatable bonds is 2. The van der Waals surface area contributed by atoms with Crippen LogP contribution in [0.25, 0.3) is 0 Å². The maximum absolute atomic E-state index is 10.0. The van der Waals surface area contributed by atoms with Crippen LogP contribution in [0, 0.1) is 11.8 Å². The second-order valence-electron chi connectivity index (χ2n) is 4.48. The first kappa shape index (κ1) is 9.78. The Morgan fingerprint density at radius 1 is 1.36 bits per heavy atom. The van der Waals surface area contributed by atoms with E-state index in [1.165, 1.54) is 12.8 Å².